The number of ether oxygens (including phenoxy) is 1. The summed E-state index contributed by atoms with van der Waals surface area (Å²) < 4.78 is 5.60. The second kappa shape index (κ2) is 8.00. The number of rotatable bonds is 5. The van der Waals surface area contributed by atoms with E-state index in [1.807, 2.05) is 67.3 Å². The molecule has 0 atom stereocenters. The van der Waals surface area contributed by atoms with Gasteiger partial charge < -0.3 is 9.64 Å². The van der Waals surface area contributed by atoms with Crippen molar-refractivity contribution < 1.29 is 14.3 Å². The van der Waals surface area contributed by atoms with E-state index in [9.17, 15) is 9.59 Å². The van der Waals surface area contributed by atoms with Crippen molar-refractivity contribution in [3.8, 4) is 5.75 Å². The average molecular weight is 425 g/mol. The number of anilines is 2. The number of amides is 2. The first kappa shape index (κ1) is 20.1. The molecule has 2 aliphatic rings. The van der Waals surface area contributed by atoms with Crippen LogP contribution < -0.4 is 14.5 Å². The van der Waals surface area contributed by atoms with E-state index in [4.69, 9.17) is 4.74 Å². The minimum absolute atomic E-state index is 0.309. The second-order valence-electron chi connectivity index (χ2n) is 8.00. The van der Waals surface area contributed by atoms with Crippen molar-refractivity contribution in [1.82, 2.24) is 0 Å². The SMILES string of the molecule is CCOc1cccc(N2C(=O)C(c3ccc(C)cc3)=C(N3CCc4ccccc43)C2=O)c1. The van der Waals surface area contributed by atoms with Crippen LogP contribution in [0.15, 0.2) is 78.5 Å². The molecule has 0 aromatic heterocycles. The molecule has 160 valence electrons. The number of carbonyl (C=O) groups is 2. The lowest BCUT2D eigenvalue weighted by Crippen LogP contribution is -2.34. The molecule has 0 saturated heterocycles. The summed E-state index contributed by atoms with van der Waals surface area (Å²) in [7, 11) is 0. The van der Waals surface area contributed by atoms with Gasteiger partial charge in [-0.3, -0.25) is 9.59 Å². The summed E-state index contributed by atoms with van der Waals surface area (Å²) in [5.41, 5.74) is 5.40. The van der Waals surface area contributed by atoms with Crippen molar-refractivity contribution in [3.63, 3.8) is 0 Å². The maximum Gasteiger partial charge on any atom is 0.282 e. The first-order valence-electron chi connectivity index (χ1n) is 10.9. The van der Waals surface area contributed by atoms with E-state index in [0.29, 0.717) is 35.9 Å². The number of carbonyl (C=O) groups excluding carboxylic acids is 2. The van der Waals surface area contributed by atoms with E-state index >= 15 is 0 Å². The van der Waals surface area contributed by atoms with Gasteiger partial charge in [-0.2, -0.15) is 0 Å². The van der Waals surface area contributed by atoms with Gasteiger partial charge in [0.15, 0.2) is 0 Å². The lowest BCUT2D eigenvalue weighted by molar-refractivity contribution is -0.120. The highest BCUT2D eigenvalue weighted by atomic mass is 16.5. The fourth-order valence-electron chi connectivity index (χ4n) is 4.43. The van der Waals surface area contributed by atoms with Gasteiger partial charge in [-0.1, -0.05) is 54.1 Å². The van der Waals surface area contributed by atoms with Crippen LogP contribution in [-0.4, -0.2) is 25.0 Å². The van der Waals surface area contributed by atoms with Gasteiger partial charge in [0, 0.05) is 18.3 Å². The van der Waals surface area contributed by atoms with E-state index in [1.165, 1.54) is 10.5 Å². The molecule has 3 aromatic carbocycles. The highest BCUT2D eigenvalue weighted by Gasteiger charge is 2.44. The molecular weight excluding hydrogens is 400 g/mol. The van der Waals surface area contributed by atoms with Gasteiger partial charge in [-0.15, -0.1) is 0 Å². The Hall–Kier alpha value is -3.86. The van der Waals surface area contributed by atoms with Gasteiger partial charge in [0.1, 0.15) is 11.4 Å². The largest absolute Gasteiger partial charge is 0.494 e. The zero-order chi connectivity index (χ0) is 22.2. The van der Waals surface area contributed by atoms with Crippen molar-refractivity contribution in [1.29, 1.82) is 0 Å². The molecule has 2 aliphatic heterocycles. The van der Waals surface area contributed by atoms with Crippen LogP contribution in [0.25, 0.3) is 5.57 Å². The first-order chi connectivity index (χ1) is 15.6. The zero-order valence-corrected chi connectivity index (χ0v) is 18.2. The maximum absolute atomic E-state index is 13.8. The molecule has 0 bridgehead atoms. The predicted molar refractivity (Wildman–Crippen MR) is 126 cm³/mol. The highest BCUT2D eigenvalue weighted by molar-refractivity contribution is 6.46. The molecule has 0 aliphatic carbocycles. The number of benzene rings is 3. The smallest absolute Gasteiger partial charge is 0.282 e. The molecule has 0 fully saturated rings. The van der Waals surface area contributed by atoms with Crippen LogP contribution in [0.1, 0.15) is 23.6 Å². The quantitative estimate of drug-likeness (QED) is 0.555. The summed E-state index contributed by atoms with van der Waals surface area (Å²) in [6.07, 6.45) is 0.835. The van der Waals surface area contributed by atoms with Crippen LogP contribution in [0.4, 0.5) is 11.4 Å². The Kier molecular flexibility index (Phi) is 5.02. The molecule has 0 unspecified atom stereocenters. The molecular formula is C27H24N2O3. The predicted octanol–water partition coefficient (Wildman–Crippen LogP) is 4.74. The third kappa shape index (κ3) is 3.26. The summed E-state index contributed by atoms with van der Waals surface area (Å²) in [4.78, 5) is 30.8. The number of nitrogens with zero attached hydrogens (tertiary/aromatic N) is 2. The maximum atomic E-state index is 13.8. The standard InChI is InChI=1S/C27H24N2O3/c1-3-32-22-9-6-8-21(17-22)29-26(30)24(20-13-11-18(2)12-14-20)25(27(29)31)28-16-15-19-7-4-5-10-23(19)28/h4-14,17H,3,15-16H2,1-2H3. The van der Waals surface area contributed by atoms with Gasteiger partial charge in [0.25, 0.3) is 11.8 Å². The summed E-state index contributed by atoms with van der Waals surface area (Å²) in [5, 5.41) is 0. The summed E-state index contributed by atoms with van der Waals surface area (Å²) in [6.45, 7) is 5.08. The van der Waals surface area contributed by atoms with Crippen LogP contribution >= 0.6 is 0 Å². The van der Waals surface area contributed by atoms with Crippen molar-refractivity contribution in [2.75, 3.05) is 23.0 Å². The Labute approximate surface area is 187 Å². The lowest BCUT2D eigenvalue weighted by atomic mass is 10.0. The molecule has 0 spiro atoms. The minimum Gasteiger partial charge on any atom is -0.494 e. The zero-order valence-electron chi connectivity index (χ0n) is 18.2. The summed E-state index contributed by atoms with van der Waals surface area (Å²) >= 11 is 0. The highest BCUT2D eigenvalue weighted by Crippen LogP contribution is 2.40. The molecule has 5 rings (SSSR count). The monoisotopic (exact) mass is 424 g/mol. The van der Waals surface area contributed by atoms with Crippen LogP contribution in [0, 0.1) is 6.92 Å². The molecule has 5 heteroatoms. The first-order valence-corrected chi connectivity index (χ1v) is 10.9. The molecule has 32 heavy (non-hydrogen) atoms. The molecule has 2 amide bonds. The third-order valence-corrected chi connectivity index (χ3v) is 5.94. The van der Waals surface area contributed by atoms with Gasteiger partial charge >= 0.3 is 0 Å². The second-order valence-corrected chi connectivity index (χ2v) is 8.00. The van der Waals surface area contributed by atoms with Crippen molar-refractivity contribution in [2.24, 2.45) is 0 Å². The van der Waals surface area contributed by atoms with Crippen LogP contribution in [-0.2, 0) is 16.0 Å². The lowest BCUT2D eigenvalue weighted by Gasteiger charge is -2.22. The summed E-state index contributed by atoms with van der Waals surface area (Å²) in [6, 6.07) is 23.0. The van der Waals surface area contributed by atoms with E-state index in [1.54, 1.807) is 18.2 Å². The van der Waals surface area contributed by atoms with Gasteiger partial charge in [0.2, 0.25) is 0 Å². The molecule has 0 N–H and O–H groups in total. The van der Waals surface area contributed by atoms with E-state index in [-0.39, 0.29) is 11.8 Å². The van der Waals surface area contributed by atoms with Crippen molar-refractivity contribution >= 4 is 28.8 Å². The Morgan fingerprint density at radius 2 is 1.69 bits per heavy atom. The Balaban J connectivity index is 1.65. The fraction of sp³-hybridized carbons (Fsp3) is 0.185. The minimum atomic E-state index is -0.313. The molecule has 0 radical (unpaired) electrons. The van der Waals surface area contributed by atoms with Crippen molar-refractivity contribution in [3.05, 3.63) is 95.2 Å². The number of fused-ring (bicyclic) bond motifs is 1. The molecule has 5 nitrogen and oxygen atoms in total. The summed E-state index contributed by atoms with van der Waals surface area (Å²) in [5.74, 6) is 0.00487. The number of para-hydroxylation sites is 1. The molecule has 0 saturated carbocycles. The van der Waals surface area contributed by atoms with Gasteiger partial charge in [-0.05, 0) is 49.6 Å². The van der Waals surface area contributed by atoms with E-state index in [2.05, 4.69) is 6.07 Å². The number of hydrogen-bond acceptors (Lipinski definition) is 4. The Bertz CT molecular complexity index is 1240. The van der Waals surface area contributed by atoms with E-state index < -0.39 is 0 Å². The number of imide groups is 1. The van der Waals surface area contributed by atoms with Gasteiger partial charge in [0.05, 0.1) is 17.9 Å². The van der Waals surface area contributed by atoms with E-state index in [0.717, 1.165) is 23.2 Å². The van der Waals surface area contributed by atoms with Crippen LogP contribution in [0.2, 0.25) is 0 Å². The van der Waals surface area contributed by atoms with Gasteiger partial charge in [-0.25, -0.2) is 4.90 Å². The Morgan fingerprint density at radius 1 is 0.906 bits per heavy atom. The Morgan fingerprint density at radius 3 is 2.47 bits per heavy atom. The average Bonchev–Trinajstić information content (AvgIpc) is 3.33. The normalized spacial score (nSPS) is 15.6. The molecule has 2 heterocycles. The third-order valence-electron chi connectivity index (χ3n) is 5.94. The topological polar surface area (TPSA) is 49.9 Å². The number of aryl methyl sites for hydroxylation is 1. The molecule has 3 aromatic rings. The van der Waals surface area contributed by atoms with Crippen LogP contribution in [0.3, 0.4) is 0 Å². The number of hydrogen-bond donors (Lipinski definition) is 0. The van der Waals surface area contributed by atoms with Crippen molar-refractivity contribution in [2.45, 2.75) is 20.3 Å². The van der Waals surface area contributed by atoms with Crippen LogP contribution in [0.5, 0.6) is 5.75 Å². The fourth-order valence-corrected chi connectivity index (χ4v) is 4.43.